The molecule has 1 aliphatic heterocycles. The Morgan fingerprint density at radius 3 is 2.90 bits per heavy atom. The van der Waals surface area contributed by atoms with Crippen molar-refractivity contribution in [3.8, 4) is 0 Å². The third-order valence-electron chi connectivity index (χ3n) is 3.95. The number of likely N-dealkylation sites (tertiary alicyclic amines) is 1. The number of hydrogen-bond donors (Lipinski definition) is 1. The van der Waals surface area contributed by atoms with Gasteiger partial charge in [-0.25, -0.2) is 0 Å². The van der Waals surface area contributed by atoms with Gasteiger partial charge in [0, 0.05) is 31.1 Å². The zero-order valence-corrected chi connectivity index (χ0v) is 12.8. The molecule has 0 aliphatic carbocycles. The van der Waals surface area contributed by atoms with E-state index >= 15 is 0 Å². The van der Waals surface area contributed by atoms with Crippen LogP contribution in [-0.2, 0) is 13.1 Å². The molecule has 1 fully saturated rings. The summed E-state index contributed by atoms with van der Waals surface area (Å²) in [5, 5.41) is 6.04. The number of rotatable bonds is 3. The van der Waals surface area contributed by atoms with Gasteiger partial charge in [0.15, 0.2) is 0 Å². The maximum atomic E-state index is 6.06. The summed E-state index contributed by atoms with van der Waals surface area (Å²) in [4.78, 5) is 2.43. The van der Waals surface area contributed by atoms with E-state index in [1.807, 2.05) is 0 Å². The number of aromatic nitrogens is 2. The maximum absolute atomic E-state index is 6.06. The Kier molecular flexibility index (Phi) is 5.02. The SMILES string of the molecule is CCn1nc(CN2CCCC(N)C2)c2ccccc21.Cl. The van der Waals surface area contributed by atoms with Crippen molar-refractivity contribution < 1.29 is 0 Å². The van der Waals surface area contributed by atoms with Gasteiger partial charge in [0.25, 0.3) is 0 Å². The van der Waals surface area contributed by atoms with Crippen molar-refractivity contribution in [1.29, 1.82) is 0 Å². The Hall–Kier alpha value is -1.10. The number of hydrogen-bond acceptors (Lipinski definition) is 3. The number of halogens is 1. The molecule has 2 heterocycles. The third-order valence-corrected chi connectivity index (χ3v) is 3.95. The second-order valence-corrected chi connectivity index (χ2v) is 5.42. The first-order valence-corrected chi connectivity index (χ1v) is 7.20. The van der Waals surface area contributed by atoms with Crippen LogP contribution in [0, 0.1) is 0 Å². The van der Waals surface area contributed by atoms with E-state index in [9.17, 15) is 0 Å². The fraction of sp³-hybridized carbons (Fsp3) is 0.533. The van der Waals surface area contributed by atoms with Crippen LogP contribution in [0.25, 0.3) is 10.9 Å². The predicted molar refractivity (Wildman–Crippen MR) is 85.1 cm³/mol. The summed E-state index contributed by atoms with van der Waals surface area (Å²) in [5.74, 6) is 0. The lowest BCUT2D eigenvalue weighted by Crippen LogP contribution is -2.42. The molecule has 1 aromatic carbocycles. The van der Waals surface area contributed by atoms with Crippen molar-refractivity contribution in [2.75, 3.05) is 13.1 Å². The minimum atomic E-state index is 0. The zero-order chi connectivity index (χ0) is 13.2. The average Bonchev–Trinajstić information content (AvgIpc) is 2.77. The molecule has 2 N–H and O–H groups in total. The van der Waals surface area contributed by atoms with E-state index in [0.717, 1.165) is 32.6 Å². The van der Waals surface area contributed by atoms with Crippen molar-refractivity contribution in [2.45, 2.75) is 38.9 Å². The lowest BCUT2D eigenvalue weighted by Gasteiger charge is -2.30. The second-order valence-electron chi connectivity index (χ2n) is 5.42. The quantitative estimate of drug-likeness (QED) is 0.945. The molecule has 0 bridgehead atoms. The van der Waals surface area contributed by atoms with Crippen LogP contribution in [0.15, 0.2) is 24.3 Å². The summed E-state index contributed by atoms with van der Waals surface area (Å²) >= 11 is 0. The summed E-state index contributed by atoms with van der Waals surface area (Å²) in [7, 11) is 0. The summed E-state index contributed by atoms with van der Waals surface area (Å²) in [6.45, 7) is 6.11. The number of fused-ring (bicyclic) bond motifs is 1. The van der Waals surface area contributed by atoms with Crippen LogP contribution in [0.4, 0.5) is 0 Å². The highest BCUT2D eigenvalue weighted by Gasteiger charge is 2.19. The molecule has 5 heteroatoms. The van der Waals surface area contributed by atoms with E-state index in [1.165, 1.54) is 23.0 Å². The molecule has 1 aliphatic rings. The number of nitrogens with two attached hydrogens (primary N) is 1. The highest BCUT2D eigenvalue weighted by Crippen LogP contribution is 2.21. The van der Waals surface area contributed by atoms with E-state index in [1.54, 1.807) is 0 Å². The van der Waals surface area contributed by atoms with Crippen molar-refractivity contribution in [2.24, 2.45) is 5.73 Å². The fourth-order valence-electron chi connectivity index (χ4n) is 3.00. The van der Waals surface area contributed by atoms with E-state index in [2.05, 4.69) is 40.8 Å². The summed E-state index contributed by atoms with van der Waals surface area (Å²) in [6.07, 6.45) is 2.36. The Morgan fingerprint density at radius 1 is 1.35 bits per heavy atom. The number of benzene rings is 1. The van der Waals surface area contributed by atoms with Crippen molar-refractivity contribution in [3.63, 3.8) is 0 Å². The van der Waals surface area contributed by atoms with Crippen LogP contribution in [0.2, 0.25) is 0 Å². The lowest BCUT2D eigenvalue weighted by molar-refractivity contribution is 0.199. The monoisotopic (exact) mass is 294 g/mol. The van der Waals surface area contributed by atoms with E-state index < -0.39 is 0 Å². The Bertz CT molecular complexity index is 566. The summed E-state index contributed by atoms with van der Waals surface area (Å²) in [6, 6.07) is 8.82. The molecule has 20 heavy (non-hydrogen) atoms. The fourth-order valence-corrected chi connectivity index (χ4v) is 3.00. The Labute approximate surface area is 126 Å². The number of piperidine rings is 1. The second kappa shape index (κ2) is 6.57. The average molecular weight is 295 g/mol. The van der Waals surface area contributed by atoms with Gasteiger partial charge in [0.2, 0.25) is 0 Å². The highest BCUT2D eigenvalue weighted by molar-refractivity contribution is 5.85. The van der Waals surface area contributed by atoms with Crippen LogP contribution < -0.4 is 5.73 Å². The molecule has 0 spiro atoms. The highest BCUT2D eigenvalue weighted by atomic mass is 35.5. The molecule has 1 saturated heterocycles. The summed E-state index contributed by atoms with van der Waals surface area (Å²) < 4.78 is 2.09. The first-order chi connectivity index (χ1) is 9.28. The molecular formula is C15H23ClN4. The van der Waals surface area contributed by atoms with E-state index in [-0.39, 0.29) is 12.4 Å². The number of para-hydroxylation sites is 1. The number of nitrogens with zero attached hydrogens (tertiary/aromatic N) is 3. The van der Waals surface area contributed by atoms with E-state index in [4.69, 9.17) is 10.8 Å². The van der Waals surface area contributed by atoms with Gasteiger partial charge in [-0.15, -0.1) is 12.4 Å². The lowest BCUT2D eigenvalue weighted by atomic mass is 10.1. The van der Waals surface area contributed by atoms with Crippen molar-refractivity contribution >= 4 is 23.3 Å². The first-order valence-electron chi connectivity index (χ1n) is 7.20. The van der Waals surface area contributed by atoms with Gasteiger partial charge >= 0.3 is 0 Å². The molecule has 3 rings (SSSR count). The Balaban J connectivity index is 0.00000147. The molecule has 110 valence electrons. The van der Waals surface area contributed by atoms with Crippen LogP contribution in [-0.4, -0.2) is 33.8 Å². The van der Waals surface area contributed by atoms with Crippen molar-refractivity contribution in [1.82, 2.24) is 14.7 Å². The normalized spacial score (nSPS) is 20.0. The van der Waals surface area contributed by atoms with Crippen LogP contribution >= 0.6 is 12.4 Å². The largest absolute Gasteiger partial charge is 0.327 e. The van der Waals surface area contributed by atoms with Crippen LogP contribution in [0.1, 0.15) is 25.5 Å². The molecular weight excluding hydrogens is 272 g/mol. The van der Waals surface area contributed by atoms with Gasteiger partial charge in [-0.3, -0.25) is 9.58 Å². The first kappa shape index (κ1) is 15.3. The van der Waals surface area contributed by atoms with Crippen molar-refractivity contribution in [3.05, 3.63) is 30.0 Å². The Morgan fingerprint density at radius 2 is 2.15 bits per heavy atom. The van der Waals surface area contributed by atoms with Gasteiger partial charge in [-0.1, -0.05) is 18.2 Å². The topological polar surface area (TPSA) is 47.1 Å². The minimum absolute atomic E-state index is 0. The van der Waals surface area contributed by atoms with E-state index in [0.29, 0.717) is 6.04 Å². The van der Waals surface area contributed by atoms with Gasteiger partial charge in [0.05, 0.1) is 11.2 Å². The van der Waals surface area contributed by atoms with Gasteiger partial charge in [-0.05, 0) is 32.4 Å². The maximum Gasteiger partial charge on any atom is 0.0843 e. The smallest absolute Gasteiger partial charge is 0.0843 e. The molecule has 1 unspecified atom stereocenters. The molecule has 0 amide bonds. The molecule has 4 nitrogen and oxygen atoms in total. The van der Waals surface area contributed by atoms with Crippen LogP contribution in [0.3, 0.4) is 0 Å². The third kappa shape index (κ3) is 2.97. The van der Waals surface area contributed by atoms with Gasteiger partial charge < -0.3 is 5.73 Å². The van der Waals surface area contributed by atoms with Gasteiger partial charge in [0.1, 0.15) is 0 Å². The number of aryl methyl sites for hydroxylation is 1. The standard InChI is InChI=1S/C15H22N4.ClH/c1-2-19-15-8-4-3-7-13(15)14(17-19)11-18-9-5-6-12(16)10-18;/h3-4,7-8,12H,2,5-6,9-11,16H2,1H3;1H. The summed E-state index contributed by atoms with van der Waals surface area (Å²) in [5.41, 5.74) is 8.48. The molecule has 2 aromatic rings. The minimum Gasteiger partial charge on any atom is -0.327 e. The zero-order valence-electron chi connectivity index (χ0n) is 12.0. The predicted octanol–water partition coefficient (Wildman–Crippen LogP) is 2.40. The van der Waals surface area contributed by atoms with Crippen LogP contribution in [0.5, 0.6) is 0 Å². The molecule has 1 aromatic heterocycles. The molecule has 0 saturated carbocycles. The molecule has 1 atom stereocenters. The van der Waals surface area contributed by atoms with Gasteiger partial charge in [-0.2, -0.15) is 5.10 Å². The molecule has 0 radical (unpaired) electrons.